The zero-order valence-corrected chi connectivity index (χ0v) is 12.3. The summed E-state index contributed by atoms with van der Waals surface area (Å²) >= 11 is 0. The Morgan fingerprint density at radius 3 is 1.58 bits per heavy atom. The molecule has 0 heterocycles. The zero-order valence-electron chi connectivity index (χ0n) is 12.3. The highest BCUT2D eigenvalue weighted by molar-refractivity contribution is 5.26. The second-order valence-corrected chi connectivity index (χ2v) is 5.90. The van der Waals surface area contributed by atoms with Crippen LogP contribution in [0.5, 0.6) is 0 Å². The van der Waals surface area contributed by atoms with E-state index in [4.69, 9.17) is 0 Å². The molecule has 0 nitrogen and oxygen atoms in total. The van der Waals surface area contributed by atoms with Crippen LogP contribution in [0, 0.1) is 12.8 Å². The molecule has 0 aliphatic heterocycles. The van der Waals surface area contributed by atoms with E-state index >= 15 is 0 Å². The molecule has 0 saturated carbocycles. The van der Waals surface area contributed by atoms with Gasteiger partial charge in [0.2, 0.25) is 0 Å². The van der Waals surface area contributed by atoms with Crippen LogP contribution in [0.4, 0.5) is 0 Å². The van der Waals surface area contributed by atoms with Gasteiger partial charge in [-0.15, -0.1) is 0 Å². The predicted octanol–water partition coefficient (Wildman–Crippen LogP) is 4.98. The van der Waals surface area contributed by atoms with Crippen molar-refractivity contribution in [3.63, 3.8) is 0 Å². The Morgan fingerprint density at radius 1 is 0.684 bits per heavy atom. The Labute approximate surface area is 117 Å². The van der Waals surface area contributed by atoms with Crippen molar-refractivity contribution in [2.45, 2.75) is 40.0 Å². The molecule has 2 aromatic rings. The number of rotatable bonds is 5. The van der Waals surface area contributed by atoms with Gasteiger partial charge in [0.25, 0.3) is 0 Å². The van der Waals surface area contributed by atoms with Crippen molar-refractivity contribution in [3.8, 4) is 0 Å². The normalized spacial score (nSPS) is 10.9. The van der Waals surface area contributed by atoms with Crippen molar-refractivity contribution in [3.05, 3.63) is 70.8 Å². The third kappa shape index (κ3) is 4.55. The summed E-state index contributed by atoms with van der Waals surface area (Å²) in [6.07, 6.45) is 3.44. The molecule has 2 aromatic carbocycles. The van der Waals surface area contributed by atoms with Crippen molar-refractivity contribution in [2.24, 2.45) is 5.92 Å². The van der Waals surface area contributed by atoms with E-state index in [1.165, 1.54) is 28.7 Å². The van der Waals surface area contributed by atoms with E-state index in [1.54, 1.807) is 0 Å². The Kier molecular flexibility index (Phi) is 4.79. The molecule has 0 aliphatic rings. The lowest BCUT2D eigenvalue weighted by atomic mass is 9.99. The van der Waals surface area contributed by atoms with Gasteiger partial charge >= 0.3 is 0 Å². The third-order valence-corrected chi connectivity index (χ3v) is 3.49. The first-order chi connectivity index (χ1) is 9.13. The van der Waals surface area contributed by atoms with Gasteiger partial charge in [-0.2, -0.15) is 0 Å². The minimum Gasteiger partial charge on any atom is -0.0625 e. The lowest BCUT2D eigenvalue weighted by Crippen LogP contribution is -1.95. The predicted molar refractivity (Wildman–Crippen MR) is 83.6 cm³/mol. The summed E-state index contributed by atoms with van der Waals surface area (Å²) < 4.78 is 0. The Balaban J connectivity index is 1.91. The minimum atomic E-state index is 0.735. The molecule has 19 heavy (non-hydrogen) atoms. The monoisotopic (exact) mass is 252 g/mol. The van der Waals surface area contributed by atoms with Crippen molar-refractivity contribution >= 4 is 0 Å². The maximum Gasteiger partial charge on any atom is -0.0238 e. The summed E-state index contributed by atoms with van der Waals surface area (Å²) in [6, 6.07) is 18.0. The molecule has 0 spiro atoms. The fourth-order valence-electron chi connectivity index (χ4n) is 2.36. The van der Waals surface area contributed by atoms with Gasteiger partial charge in [0.1, 0.15) is 0 Å². The average molecular weight is 252 g/mol. The number of benzene rings is 2. The molecule has 0 aliphatic carbocycles. The Bertz CT molecular complexity index is 489. The summed E-state index contributed by atoms with van der Waals surface area (Å²) in [7, 11) is 0. The van der Waals surface area contributed by atoms with Crippen molar-refractivity contribution in [1.82, 2.24) is 0 Å². The molecule has 0 saturated heterocycles. The smallest absolute Gasteiger partial charge is 0.0238 e. The molecule has 0 bridgehead atoms. The van der Waals surface area contributed by atoms with Crippen LogP contribution >= 0.6 is 0 Å². The Hall–Kier alpha value is -1.56. The number of aryl methyl sites for hydroxylation is 3. The summed E-state index contributed by atoms with van der Waals surface area (Å²) in [5.74, 6) is 0.735. The zero-order chi connectivity index (χ0) is 13.7. The van der Waals surface area contributed by atoms with Crippen molar-refractivity contribution < 1.29 is 0 Å². The largest absolute Gasteiger partial charge is 0.0625 e. The van der Waals surface area contributed by atoms with Crippen molar-refractivity contribution in [1.29, 1.82) is 0 Å². The fraction of sp³-hybridized carbons (Fsp3) is 0.368. The highest BCUT2D eigenvalue weighted by Crippen LogP contribution is 2.12. The van der Waals surface area contributed by atoms with Gasteiger partial charge in [-0.05, 0) is 48.8 Å². The van der Waals surface area contributed by atoms with Gasteiger partial charge in [0.15, 0.2) is 0 Å². The maximum absolute atomic E-state index is 2.28. The lowest BCUT2D eigenvalue weighted by Gasteiger charge is -2.07. The molecule has 0 unspecified atom stereocenters. The van der Waals surface area contributed by atoms with E-state index in [-0.39, 0.29) is 0 Å². The van der Waals surface area contributed by atoms with Crippen LogP contribution in [-0.2, 0) is 19.3 Å². The van der Waals surface area contributed by atoms with E-state index in [0.717, 1.165) is 18.8 Å². The fourth-order valence-corrected chi connectivity index (χ4v) is 2.36. The van der Waals surface area contributed by atoms with Crippen LogP contribution in [-0.4, -0.2) is 0 Å². The molecule has 0 amide bonds. The summed E-state index contributed by atoms with van der Waals surface area (Å²) in [6.45, 7) is 6.67. The Morgan fingerprint density at radius 2 is 1.11 bits per heavy atom. The van der Waals surface area contributed by atoms with E-state index in [0.29, 0.717) is 0 Å². The van der Waals surface area contributed by atoms with Crippen molar-refractivity contribution in [2.75, 3.05) is 0 Å². The third-order valence-electron chi connectivity index (χ3n) is 3.49. The summed E-state index contributed by atoms with van der Waals surface area (Å²) in [5, 5.41) is 0. The van der Waals surface area contributed by atoms with Crippen LogP contribution in [0.1, 0.15) is 36.1 Å². The first kappa shape index (κ1) is 13.9. The lowest BCUT2D eigenvalue weighted by molar-refractivity contribution is 0.647. The summed E-state index contributed by atoms with van der Waals surface area (Å²) in [5.41, 5.74) is 5.65. The molecule has 0 heteroatoms. The topological polar surface area (TPSA) is 0 Å². The van der Waals surface area contributed by atoms with Crippen LogP contribution in [0.25, 0.3) is 0 Å². The molecular formula is C19H24. The average Bonchev–Trinajstić information content (AvgIpc) is 2.39. The molecule has 0 radical (unpaired) electrons. The molecule has 2 rings (SSSR count). The second kappa shape index (κ2) is 6.56. The number of hydrogen-bond donors (Lipinski definition) is 0. The van der Waals surface area contributed by atoms with Gasteiger partial charge in [-0.25, -0.2) is 0 Å². The SMILES string of the molecule is Cc1ccc(CCc2ccc(CC(C)C)cc2)cc1. The second-order valence-electron chi connectivity index (χ2n) is 5.90. The van der Waals surface area contributed by atoms with Crippen LogP contribution in [0.3, 0.4) is 0 Å². The first-order valence-electron chi connectivity index (χ1n) is 7.27. The number of hydrogen-bond acceptors (Lipinski definition) is 0. The quantitative estimate of drug-likeness (QED) is 0.704. The van der Waals surface area contributed by atoms with Gasteiger partial charge in [0.05, 0.1) is 0 Å². The van der Waals surface area contributed by atoms with E-state index in [1.807, 2.05) is 0 Å². The molecular weight excluding hydrogens is 228 g/mol. The van der Waals surface area contributed by atoms with Gasteiger partial charge < -0.3 is 0 Å². The highest BCUT2D eigenvalue weighted by Gasteiger charge is 1.99. The molecule has 100 valence electrons. The molecule has 0 N–H and O–H groups in total. The molecule has 0 fully saturated rings. The standard InChI is InChI=1S/C19H24/c1-15(2)14-19-12-10-18(11-13-19)9-8-17-6-4-16(3)5-7-17/h4-7,10-13,15H,8-9,14H2,1-3H3. The van der Waals surface area contributed by atoms with Gasteiger partial charge in [-0.3, -0.25) is 0 Å². The van der Waals surface area contributed by atoms with Gasteiger partial charge in [-0.1, -0.05) is 67.9 Å². The van der Waals surface area contributed by atoms with Crippen LogP contribution < -0.4 is 0 Å². The van der Waals surface area contributed by atoms with Crippen LogP contribution in [0.15, 0.2) is 48.5 Å². The molecule has 0 aromatic heterocycles. The highest BCUT2D eigenvalue weighted by atomic mass is 14.0. The molecule has 0 atom stereocenters. The first-order valence-corrected chi connectivity index (χ1v) is 7.27. The maximum atomic E-state index is 2.28. The van der Waals surface area contributed by atoms with Gasteiger partial charge in [0, 0.05) is 0 Å². The van der Waals surface area contributed by atoms with E-state index in [9.17, 15) is 0 Å². The van der Waals surface area contributed by atoms with E-state index < -0.39 is 0 Å². The van der Waals surface area contributed by atoms with Crippen LogP contribution in [0.2, 0.25) is 0 Å². The van der Waals surface area contributed by atoms with E-state index in [2.05, 4.69) is 69.3 Å². The minimum absolute atomic E-state index is 0.735. The summed E-state index contributed by atoms with van der Waals surface area (Å²) in [4.78, 5) is 0.